The molecule has 148 valence electrons. The fourth-order valence-electron chi connectivity index (χ4n) is 2.89. The van der Waals surface area contributed by atoms with E-state index in [9.17, 15) is 0 Å². The van der Waals surface area contributed by atoms with Crippen molar-refractivity contribution in [1.82, 2.24) is 20.3 Å². The normalized spacial score (nSPS) is 15.3. The summed E-state index contributed by atoms with van der Waals surface area (Å²) < 4.78 is 10.7. The zero-order valence-electron chi connectivity index (χ0n) is 15.7. The molecule has 1 saturated heterocycles. The van der Waals surface area contributed by atoms with Crippen LogP contribution in [0.1, 0.15) is 12.6 Å². The molecule has 1 aromatic carbocycles. The first-order chi connectivity index (χ1) is 12.8. The van der Waals surface area contributed by atoms with E-state index in [1.165, 1.54) is 0 Å². The lowest BCUT2D eigenvalue weighted by atomic mass is 10.3. The van der Waals surface area contributed by atoms with Gasteiger partial charge in [0.05, 0.1) is 6.54 Å². The summed E-state index contributed by atoms with van der Waals surface area (Å²) in [6, 6.07) is 11.8. The van der Waals surface area contributed by atoms with Crippen molar-refractivity contribution in [3.8, 4) is 5.75 Å². The van der Waals surface area contributed by atoms with Crippen LogP contribution >= 0.6 is 24.0 Å². The van der Waals surface area contributed by atoms with Crippen molar-refractivity contribution < 1.29 is 9.26 Å². The van der Waals surface area contributed by atoms with Gasteiger partial charge in [0.1, 0.15) is 24.3 Å². The minimum atomic E-state index is 0. The minimum Gasteiger partial charge on any atom is -0.492 e. The Morgan fingerprint density at radius 2 is 1.96 bits per heavy atom. The number of aliphatic imine (C=N–C) groups is 1. The molecule has 1 aliphatic rings. The van der Waals surface area contributed by atoms with Crippen molar-refractivity contribution in [3.05, 3.63) is 48.4 Å². The summed E-state index contributed by atoms with van der Waals surface area (Å²) >= 11 is 0. The van der Waals surface area contributed by atoms with Gasteiger partial charge in [-0.1, -0.05) is 23.4 Å². The molecule has 2 heterocycles. The summed E-state index contributed by atoms with van der Waals surface area (Å²) in [5, 5.41) is 7.28. The third kappa shape index (κ3) is 7.02. The van der Waals surface area contributed by atoms with Gasteiger partial charge in [-0.15, -0.1) is 24.0 Å². The van der Waals surface area contributed by atoms with Gasteiger partial charge in [-0.3, -0.25) is 4.90 Å². The van der Waals surface area contributed by atoms with Crippen LogP contribution in [-0.4, -0.2) is 66.8 Å². The van der Waals surface area contributed by atoms with Crippen LogP contribution in [0.3, 0.4) is 0 Å². The molecule has 0 aliphatic carbocycles. The SMILES string of the molecule is CCNC(=NCc1ccon1)N1CCN(CCOc2ccccc2)CC1.I. The molecule has 27 heavy (non-hydrogen) atoms. The highest BCUT2D eigenvalue weighted by Gasteiger charge is 2.19. The van der Waals surface area contributed by atoms with E-state index < -0.39 is 0 Å². The molecule has 0 amide bonds. The maximum atomic E-state index is 5.79. The van der Waals surface area contributed by atoms with Crippen LogP contribution in [-0.2, 0) is 6.54 Å². The van der Waals surface area contributed by atoms with Crippen LogP contribution in [0.5, 0.6) is 5.75 Å². The third-order valence-corrected chi connectivity index (χ3v) is 4.31. The van der Waals surface area contributed by atoms with E-state index in [1.807, 2.05) is 36.4 Å². The van der Waals surface area contributed by atoms with Crippen LogP contribution in [0.15, 0.2) is 52.2 Å². The van der Waals surface area contributed by atoms with Crippen molar-refractivity contribution >= 4 is 29.9 Å². The topological polar surface area (TPSA) is 66.1 Å². The van der Waals surface area contributed by atoms with E-state index in [0.717, 1.165) is 56.7 Å². The smallest absolute Gasteiger partial charge is 0.194 e. The molecule has 2 aromatic rings. The van der Waals surface area contributed by atoms with E-state index in [2.05, 4.69) is 32.2 Å². The molecule has 7 nitrogen and oxygen atoms in total. The quantitative estimate of drug-likeness (QED) is 0.370. The molecular formula is C19H28IN5O2. The number of nitrogens with zero attached hydrogens (tertiary/aromatic N) is 4. The number of nitrogens with one attached hydrogen (secondary N) is 1. The predicted molar refractivity (Wildman–Crippen MR) is 117 cm³/mol. The summed E-state index contributed by atoms with van der Waals surface area (Å²) in [5.74, 6) is 1.87. The molecular weight excluding hydrogens is 457 g/mol. The highest BCUT2D eigenvalue weighted by atomic mass is 127. The van der Waals surface area contributed by atoms with Crippen molar-refractivity contribution in [2.24, 2.45) is 4.99 Å². The van der Waals surface area contributed by atoms with Gasteiger partial charge in [0, 0.05) is 45.3 Å². The van der Waals surface area contributed by atoms with E-state index in [1.54, 1.807) is 6.26 Å². The standard InChI is InChI=1S/C19H27N5O2.HI/c1-2-20-19(21-16-17-8-14-26-22-17)24-11-9-23(10-12-24)13-15-25-18-6-4-3-5-7-18;/h3-8,14H,2,9-13,15-16H2,1H3,(H,20,21);1H. The Kier molecular flexibility index (Phi) is 9.40. The number of rotatable bonds is 7. The number of guanidine groups is 1. The first-order valence-electron chi connectivity index (χ1n) is 9.18. The summed E-state index contributed by atoms with van der Waals surface area (Å²) in [7, 11) is 0. The van der Waals surface area contributed by atoms with Crippen LogP contribution < -0.4 is 10.1 Å². The number of ether oxygens (including phenoxy) is 1. The molecule has 3 rings (SSSR count). The van der Waals surface area contributed by atoms with Crippen molar-refractivity contribution in [2.45, 2.75) is 13.5 Å². The first-order valence-corrected chi connectivity index (χ1v) is 9.18. The van der Waals surface area contributed by atoms with E-state index in [-0.39, 0.29) is 24.0 Å². The Balaban J connectivity index is 0.00000261. The van der Waals surface area contributed by atoms with Crippen molar-refractivity contribution in [1.29, 1.82) is 0 Å². The largest absolute Gasteiger partial charge is 0.492 e. The average Bonchev–Trinajstić information content (AvgIpc) is 3.20. The van der Waals surface area contributed by atoms with Gasteiger partial charge in [0.2, 0.25) is 0 Å². The minimum absolute atomic E-state index is 0. The average molecular weight is 485 g/mol. The van der Waals surface area contributed by atoms with E-state index in [0.29, 0.717) is 13.2 Å². The molecule has 0 spiro atoms. The van der Waals surface area contributed by atoms with Gasteiger partial charge in [0.25, 0.3) is 0 Å². The molecule has 0 bridgehead atoms. The number of hydrogen-bond acceptors (Lipinski definition) is 5. The molecule has 0 radical (unpaired) electrons. The van der Waals surface area contributed by atoms with Crippen LogP contribution in [0.25, 0.3) is 0 Å². The Morgan fingerprint density at radius 3 is 2.63 bits per heavy atom. The Bertz CT molecular complexity index is 658. The fourth-order valence-corrected chi connectivity index (χ4v) is 2.89. The van der Waals surface area contributed by atoms with Gasteiger partial charge in [0.15, 0.2) is 5.96 Å². The summed E-state index contributed by atoms with van der Waals surface area (Å²) in [5.41, 5.74) is 0.845. The molecule has 1 fully saturated rings. The van der Waals surface area contributed by atoms with Gasteiger partial charge in [-0.2, -0.15) is 0 Å². The molecule has 0 atom stereocenters. The predicted octanol–water partition coefficient (Wildman–Crippen LogP) is 2.45. The molecule has 1 N–H and O–H groups in total. The second-order valence-corrected chi connectivity index (χ2v) is 6.15. The summed E-state index contributed by atoms with van der Waals surface area (Å²) in [6.07, 6.45) is 1.58. The molecule has 8 heteroatoms. The van der Waals surface area contributed by atoms with Gasteiger partial charge in [-0.25, -0.2) is 4.99 Å². The lowest BCUT2D eigenvalue weighted by molar-refractivity contribution is 0.152. The lowest BCUT2D eigenvalue weighted by Gasteiger charge is -2.36. The number of hydrogen-bond donors (Lipinski definition) is 1. The highest BCUT2D eigenvalue weighted by molar-refractivity contribution is 14.0. The highest BCUT2D eigenvalue weighted by Crippen LogP contribution is 2.09. The number of benzene rings is 1. The zero-order valence-corrected chi connectivity index (χ0v) is 18.0. The lowest BCUT2D eigenvalue weighted by Crippen LogP contribution is -2.53. The first kappa shape index (κ1) is 21.5. The van der Waals surface area contributed by atoms with Crippen LogP contribution in [0, 0.1) is 0 Å². The summed E-state index contributed by atoms with van der Waals surface area (Å²) in [4.78, 5) is 9.41. The van der Waals surface area contributed by atoms with Gasteiger partial charge in [-0.05, 0) is 19.1 Å². The van der Waals surface area contributed by atoms with Gasteiger partial charge < -0.3 is 19.5 Å². The van der Waals surface area contributed by atoms with Crippen LogP contribution in [0.4, 0.5) is 0 Å². The molecule has 1 aromatic heterocycles. The number of halogens is 1. The second-order valence-electron chi connectivity index (χ2n) is 6.15. The Hall–Kier alpha value is -1.81. The molecule has 0 saturated carbocycles. The molecule has 1 aliphatic heterocycles. The number of piperazine rings is 1. The summed E-state index contributed by atoms with van der Waals surface area (Å²) in [6.45, 7) is 9.04. The van der Waals surface area contributed by atoms with Crippen molar-refractivity contribution in [2.75, 3.05) is 45.9 Å². The maximum Gasteiger partial charge on any atom is 0.194 e. The third-order valence-electron chi connectivity index (χ3n) is 4.31. The van der Waals surface area contributed by atoms with Gasteiger partial charge >= 0.3 is 0 Å². The van der Waals surface area contributed by atoms with E-state index >= 15 is 0 Å². The molecule has 0 unspecified atom stereocenters. The number of aromatic nitrogens is 1. The van der Waals surface area contributed by atoms with E-state index in [4.69, 9.17) is 9.26 Å². The zero-order chi connectivity index (χ0) is 18.0. The number of para-hydroxylation sites is 1. The van der Waals surface area contributed by atoms with Crippen LogP contribution in [0.2, 0.25) is 0 Å². The Labute approximate surface area is 177 Å². The monoisotopic (exact) mass is 485 g/mol. The Morgan fingerprint density at radius 1 is 1.19 bits per heavy atom. The maximum absolute atomic E-state index is 5.79. The second kappa shape index (κ2) is 11.8. The fraction of sp³-hybridized carbons (Fsp3) is 0.474. The van der Waals surface area contributed by atoms with Crippen molar-refractivity contribution in [3.63, 3.8) is 0 Å².